The van der Waals surface area contributed by atoms with E-state index in [0.29, 0.717) is 17.4 Å². The molecule has 0 saturated heterocycles. The van der Waals surface area contributed by atoms with Gasteiger partial charge in [0.15, 0.2) is 5.13 Å². The molecule has 2 heterocycles. The van der Waals surface area contributed by atoms with Gasteiger partial charge in [0.1, 0.15) is 0 Å². The maximum absolute atomic E-state index is 11.8. The average molecular weight is 292 g/mol. The van der Waals surface area contributed by atoms with Gasteiger partial charge in [-0.1, -0.05) is 0 Å². The number of carbonyl (C=O) groups is 2. The van der Waals surface area contributed by atoms with Gasteiger partial charge in [-0.05, 0) is 25.0 Å². The summed E-state index contributed by atoms with van der Waals surface area (Å²) in [6.07, 6.45) is 3.18. The zero-order chi connectivity index (χ0) is 14.5. The number of carbonyl (C=O) groups excluding carboxylic acids is 2. The number of nitrogens with zero attached hydrogens (tertiary/aromatic N) is 2. The van der Waals surface area contributed by atoms with Crippen LogP contribution in [-0.2, 0) is 18.3 Å². The van der Waals surface area contributed by atoms with Crippen LogP contribution in [0.1, 0.15) is 22.6 Å². The Morgan fingerprint density at radius 3 is 2.90 bits per heavy atom. The molecule has 7 heteroatoms. The zero-order valence-corrected chi connectivity index (χ0v) is 11.9. The van der Waals surface area contributed by atoms with Crippen LogP contribution in [0.25, 0.3) is 0 Å². The van der Waals surface area contributed by atoms with Gasteiger partial charge < -0.3 is 15.6 Å². The molecule has 0 atom stereocenters. The maximum atomic E-state index is 11.8. The lowest BCUT2D eigenvalue weighted by Crippen LogP contribution is -2.32. The molecule has 106 valence electrons. The molecule has 0 bridgehead atoms. The molecular formula is C13H16N4O2S. The van der Waals surface area contributed by atoms with Crippen LogP contribution in [0.2, 0.25) is 0 Å². The van der Waals surface area contributed by atoms with Crippen LogP contribution in [0.5, 0.6) is 0 Å². The molecule has 0 saturated carbocycles. The van der Waals surface area contributed by atoms with E-state index >= 15 is 0 Å². The second kappa shape index (κ2) is 6.33. The van der Waals surface area contributed by atoms with Crippen LogP contribution in [0, 0.1) is 0 Å². The Labute approximate surface area is 120 Å². The van der Waals surface area contributed by atoms with Gasteiger partial charge in [-0.15, -0.1) is 11.3 Å². The van der Waals surface area contributed by atoms with Gasteiger partial charge in [0, 0.05) is 25.2 Å². The number of nitrogens with two attached hydrogens (primary N) is 1. The fraction of sp³-hybridized carbons (Fsp3) is 0.308. The van der Waals surface area contributed by atoms with Crippen LogP contribution < -0.4 is 11.1 Å². The van der Waals surface area contributed by atoms with Crippen molar-refractivity contribution in [3.8, 4) is 0 Å². The number of aryl methyl sites for hydroxylation is 2. The molecule has 1 amide bonds. The van der Waals surface area contributed by atoms with Crippen LogP contribution in [-0.4, -0.2) is 27.8 Å². The van der Waals surface area contributed by atoms with Crippen molar-refractivity contribution >= 4 is 28.2 Å². The van der Waals surface area contributed by atoms with Crippen molar-refractivity contribution in [2.75, 3.05) is 12.3 Å². The van der Waals surface area contributed by atoms with E-state index in [-0.39, 0.29) is 0 Å². The van der Waals surface area contributed by atoms with E-state index < -0.39 is 11.7 Å². The lowest BCUT2D eigenvalue weighted by Gasteiger charge is -2.04. The predicted octanol–water partition coefficient (Wildman–Crippen LogP) is 0.995. The predicted molar refractivity (Wildman–Crippen MR) is 77.6 cm³/mol. The monoisotopic (exact) mass is 292 g/mol. The number of hydrogen-bond acceptors (Lipinski definition) is 5. The number of aromatic nitrogens is 2. The number of anilines is 1. The highest BCUT2D eigenvalue weighted by atomic mass is 32.1. The third kappa shape index (κ3) is 3.45. The Balaban J connectivity index is 1.75. The standard InChI is InChI=1S/C13H16N4O2S/c1-17-7-3-5-10(17)11(18)12(19)15-6-2-4-9-8-20-13(14)16-9/h3,5,7-8H,2,4,6H2,1H3,(H2,14,16)(H,15,19). The van der Waals surface area contributed by atoms with Crippen molar-refractivity contribution < 1.29 is 9.59 Å². The third-order valence-electron chi connectivity index (χ3n) is 2.85. The molecule has 2 rings (SSSR count). The number of nitrogens with one attached hydrogen (secondary N) is 1. The fourth-order valence-corrected chi connectivity index (χ4v) is 2.40. The van der Waals surface area contributed by atoms with Crippen molar-refractivity contribution in [3.63, 3.8) is 0 Å². The van der Waals surface area contributed by atoms with Gasteiger partial charge in [0.25, 0.3) is 11.7 Å². The number of Topliss-reactive ketones (excluding diaryl/α,β-unsaturated/α-hetero) is 1. The first kappa shape index (κ1) is 14.3. The Morgan fingerprint density at radius 2 is 2.30 bits per heavy atom. The van der Waals surface area contributed by atoms with Gasteiger partial charge in [-0.3, -0.25) is 9.59 Å². The van der Waals surface area contributed by atoms with Crippen molar-refractivity contribution in [1.82, 2.24) is 14.9 Å². The summed E-state index contributed by atoms with van der Waals surface area (Å²) in [5.74, 6) is -1.10. The first-order valence-corrected chi connectivity index (χ1v) is 7.09. The number of hydrogen-bond donors (Lipinski definition) is 2. The Kier molecular flexibility index (Phi) is 4.52. The van der Waals surface area contributed by atoms with E-state index in [9.17, 15) is 9.59 Å². The number of ketones is 1. The Hall–Kier alpha value is -2.15. The topological polar surface area (TPSA) is 90.0 Å². The molecule has 2 aromatic rings. The van der Waals surface area contributed by atoms with Gasteiger partial charge in [-0.2, -0.15) is 0 Å². The quantitative estimate of drug-likeness (QED) is 0.472. The smallest absolute Gasteiger partial charge is 0.293 e. The molecule has 3 N–H and O–H groups in total. The first-order chi connectivity index (χ1) is 9.58. The second-order valence-electron chi connectivity index (χ2n) is 4.37. The molecule has 2 aromatic heterocycles. The number of thiazole rings is 1. The number of nitrogen functional groups attached to an aromatic ring is 1. The molecule has 20 heavy (non-hydrogen) atoms. The van der Waals surface area contributed by atoms with Gasteiger partial charge in [0.2, 0.25) is 0 Å². The zero-order valence-electron chi connectivity index (χ0n) is 11.1. The van der Waals surface area contributed by atoms with Crippen LogP contribution in [0.3, 0.4) is 0 Å². The molecule has 0 unspecified atom stereocenters. The molecule has 0 aromatic carbocycles. The van der Waals surface area contributed by atoms with E-state index in [1.54, 1.807) is 29.9 Å². The summed E-state index contributed by atoms with van der Waals surface area (Å²) in [6, 6.07) is 3.35. The largest absolute Gasteiger partial charge is 0.375 e. The minimum atomic E-state index is -0.579. The SMILES string of the molecule is Cn1cccc1C(=O)C(=O)NCCCc1csc(N)n1. The van der Waals surface area contributed by atoms with E-state index in [4.69, 9.17) is 5.73 Å². The fourth-order valence-electron chi connectivity index (χ4n) is 1.80. The minimum absolute atomic E-state index is 0.384. The summed E-state index contributed by atoms with van der Waals surface area (Å²) < 4.78 is 1.62. The van der Waals surface area contributed by atoms with E-state index in [1.807, 2.05) is 5.38 Å². The molecule has 0 spiro atoms. The van der Waals surface area contributed by atoms with Crippen LogP contribution >= 0.6 is 11.3 Å². The van der Waals surface area contributed by atoms with E-state index in [1.165, 1.54) is 11.3 Å². The molecule has 0 aliphatic heterocycles. The first-order valence-electron chi connectivity index (χ1n) is 6.21. The molecule has 0 aliphatic rings. The summed E-state index contributed by atoms with van der Waals surface area (Å²) in [6.45, 7) is 0.437. The summed E-state index contributed by atoms with van der Waals surface area (Å²) in [7, 11) is 1.73. The number of rotatable bonds is 6. The molecule has 0 fully saturated rings. The molecule has 0 aliphatic carbocycles. The Morgan fingerprint density at radius 1 is 1.50 bits per heavy atom. The highest BCUT2D eigenvalue weighted by Crippen LogP contribution is 2.12. The highest BCUT2D eigenvalue weighted by Gasteiger charge is 2.17. The summed E-state index contributed by atoms with van der Waals surface area (Å²) in [4.78, 5) is 27.7. The normalized spacial score (nSPS) is 10.4. The lowest BCUT2D eigenvalue weighted by atomic mass is 10.2. The summed E-state index contributed by atoms with van der Waals surface area (Å²) in [5, 5.41) is 5.06. The van der Waals surface area contributed by atoms with Gasteiger partial charge >= 0.3 is 0 Å². The second-order valence-corrected chi connectivity index (χ2v) is 5.26. The minimum Gasteiger partial charge on any atom is -0.375 e. The third-order valence-corrected chi connectivity index (χ3v) is 3.57. The maximum Gasteiger partial charge on any atom is 0.293 e. The van der Waals surface area contributed by atoms with E-state index in [0.717, 1.165) is 18.5 Å². The van der Waals surface area contributed by atoms with Crippen molar-refractivity contribution in [1.29, 1.82) is 0 Å². The van der Waals surface area contributed by atoms with Crippen LogP contribution in [0.15, 0.2) is 23.7 Å². The molecule has 6 nitrogen and oxygen atoms in total. The number of amides is 1. The summed E-state index contributed by atoms with van der Waals surface area (Å²) >= 11 is 1.40. The van der Waals surface area contributed by atoms with Gasteiger partial charge in [-0.25, -0.2) is 4.98 Å². The Bertz CT molecular complexity index is 617. The highest BCUT2D eigenvalue weighted by molar-refractivity contribution is 7.13. The van der Waals surface area contributed by atoms with Crippen molar-refractivity contribution in [3.05, 3.63) is 35.1 Å². The van der Waals surface area contributed by atoms with Gasteiger partial charge in [0.05, 0.1) is 11.4 Å². The summed E-state index contributed by atoms with van der Waals surface area (Å²) in [5.41, 5.74) is 6.83. The van der Waals surface area contributed by atoms with Crippen LogP contribution in [0.4, 0.5) is 5.13 Å². The molecular weight excluding hydrogens is 276 g/mol. The van der Waals surface area contributed by atoms with Crippen molar-refractivity contribution in [2.45, 2.75) is 12.8 Å². The van der Waals surface area contributed by atoms with E-state index in [2.05, 4.69) is 10.3 Å². The van der Waals surface area contributed by atoms with Crippen molar-refractivity contribution in [2.24, 2.45) is 7.05 Å². The lowest BCUT2D eigenvalue weighted by molar-refractivity contribution is -0.117. The molecule has 0 radical (unpaired) electrons. The average Bonchev–Trinajstić information content (AvgIpc) is 3.02.